The SMILES string of the molecule is Cc1cc(Br)ccc1Nc1cc(F)ccc1C(=O)O. The van der Waals surface area contributed by atoms with Gasteiger partial charge in [-0.1, -0.05) is 15.9 Å². The van der Waals surface area contributed by atoms with Crippen LogP contribution in [-0.2, 0) is 0 Å². The second kappa shape index (κ2) is 5.40. The number of aryl methyl sites for hydroxylation is 1. The lowest BCUT2D eigenvalue weighted by atomic mass is 10.1. The van der Waals surface area contributed by atoms with E-state index in [2.05, 4.69) is 21.2 Å². The Kier molecular flexibility index (Phi) is 3.85. The molecule has 0 radical (unpaired) electrons. The maximum atomic E-state index is 13.2. The molecule has 5 heteroatoms. The van der Waals surface area contributed by atoms with Crippen LogP contribution in [-0.4, -0.2) is 11.1 Å². The van der Waals surface area contributed by atoms with E-state index in [0.29, 0.717) is 0 Å². The highest BCUT2D eigenvalue weighted by atomic mass is 79.9. The summed E-state index contributed by atoms with van der Waals surface area (Å²) in [6, 6.07) is 9.06. The van der Waals surface area contributed by atoms with Crippen molar-refractivity contribution in [2.24, 2.45) is 0 Å². The molecule has 0 aliphatic heterocycles. The van der Waals surface area contributed by atoms with E-state index in [9.17, 15) is 9.18 Å². The zero-order valence-electron chi connectivity index (χ0n) is 10.1. The molecule has 0 heterocycles. The summed E-state index contributed by atoms with van der Waals surface area (Å²) < 4.78 is 14.2. The third-order valence-corrected chi connectivity index (χ3v) is 3.16. The van der Waals surface area contributed by atoms with Crippen molar-refractivity contribution in [2.75, 3.05) is 5.32 Å². The van der Waals surface area contributed by atoms with Crippen molar-refractivity contribution >= 4 is 33.3 Å². The first-order valence-electron chi connectivity index (χ1n) is 5.53. The largest absolute Gasteiger partial charge is 0.478 e. The summed E-state index contributed by atoms with van der Waals surface area (Å²) in [5, 5.41) is 12.0. The Balaban J connectivity index is 2.42. The molecule has 0 spiro atoms. The number of anilines is 2. The number of aromatic carboxylic acids is 1. The van der Waals surface area contributed by atoms with Gasteiger partial charge in [0.05, 0.1) is 11.3 Å². The van der Waals surface area contributed by atoms with Gasteiger partial charge in [0.15, 0.2) is 0 Å². The van der Waals surface area contributed by atoms with E-state index in [1.807, 2.05) is 19.1 Å². The van der Waals surface area contributed by atoms with Crippen LogP contribution in [0.3, 0.4) is 0 Å². The Morgan fingerprint density at radius 2 is 1.95 bits per heavy atom. The molecule has 0 fully saturated rings. The van der Waals surface area contributed by atoms with Gasteiger partial charge in [0, 0.05) is 10.2 Å². The molecule has 0 amide bonds. The van der Waals surface area contributed by atoms with Gasteiger partial charge in [0.1, 0.15) is 5.82 Å². The van der Waals surface area contributed by atoms with Gasteiger partial charge in [-0.15, -0.1) is 0 Å². The lowest BCUT2D eigenvalue weighted by Crippen LogP contribution is -2.04. The average molecular weight is 324 g/mol. The number of rotatable bonds is 3. The van der Waals surface area contributed by atoms with E-state index in [4.69, 9.17) is 5.11 Å². The number of carboxylic acids is 1. The van der Waals surface area contributed by atoms with Crippen LogP contribution in [0.15, 0.2) is 40.9 Å². The fourth-order valence-electron chi connectivity index (χ4n) is 1.72. The topological polar surface area (TPSA) is 49.3 Å². The van der Waals surface area contributed by atoms with Crippen molar-refractivity contribution in [1.29, 1.82) is 0 Å². The van der Waals surface area contributed by atoms with E-state index in [0.717, 1.165) is 21.8 Å². The summed E-state index contributed by atoms with van der Waals surface area (Å²) in [5.41, 5.74) is 1.92. The number of halogens is 2. The van der Waals surface area contributed by atoms with Crippen LogP contribution in [0.2, 0.25) is 0 Å². The number of carboxylic acid groups (broad SMARTS) is 1. The van der Waals surface area contributed by atoms with Crippen molar-refractivity contribution in [1.82, 2.24) is 0 Å². The number of nitrogens with one attached hydrogen (secondary N) is 1. The molecule has 2 aromatic rings. The highest BCUT2D eigenvalue weighted by Gasteiger charge is 2.12. The fraction of sp³-hybridized carbons (Fsp3) is 0.0714. The minimum absolute atomic E-state index is 0.0312. The van der Waals surface area contributed by atoms with Crippen LogP contribution in [0.5, 0.6) is 0 Å². The molecule has 2 rings (SSSR count). The Bertz CT molecular complexity index is 643. The van der Waals surface area contributed by atoms with Crippen LogP contribution >= 0.6 is 15.9 Å². The summed E-state index contributed by atoms with van der Waals surface area (Å²) in [6.07, 6.45) is 0. The molecule has 98 valence electrons. The Morgan fingerprint density at radius 3 is 2.58 bits per heavy atom. The van der Waals surface area contributed by atoms with E-state index in [1.54, 1.807) is 6.07 Å². The summed E-state index contributed by atoms with van der Waals surface area (Å²) in [5.74, 6) is -1.58. The molecule has 0 aliphatic rings. The quantitative estimate of drug-likeness (QED) is 0.883. The third-order valence-electron chi connectivity index (χ3n) is 2.67. The minimum atomic E-state index is -1.10. The standard InChI is InChI=1S/C14H11BrFNO2/c1-8-6-9(15)2-5-12(8)17-13-7-10(16)3-4-11(13)14(18)19/h2-7,17H,1H3,(H,18,19). The maximum absolute atomic E-state index is 13.2. The Labute approximate surface area is 118 Å². The van der Waals surface area contributed by atoms with Gasteiger partial charge in [-0.05, 0) is 48.9 Å². The molecule has 3 nitrogen and oxygen atoms in total. The lowest BCUT2D eigenvalue weighted by Gasteiger charge is -2.12. The fourth-order valence-corrected chi connectivity index (χ4v) is 2.19. The van der Waals surface area contributed by atoms with Gasteiger partial charge in [0.2, 0.25) is 0 Å². The number of hydrogen-bond acceptors (Lipinski definition) is 2. The van der Waals surface area contributed by atoms with Crippen LogP contribution in [0.4, 0.5) is 15.8 Å². The van der Waals surface area contributed by atoms with Crippen LogP contribution in [0.1, 0.15) is 15.9 Å². The average Bonchev–Trinajstić information content (AvgIpc) is 2.32. The normalized spacial score (nSPS) is 10.3. The second-order valence-electron chi connectivity index (χ2n) is 4.08. The number of benzene rings is 2. The van der Waals surface area contributed by atoms with Crippen LogP contribution in [0.25, 0.3) is 0 Å². The first kappa shape index (κ1) is 13.5. The molecule has 19 heavy (non-hydrogen) atoms. The molecular formula is C14H11BrFNO2. The second-order valence-corrected chi connectivity index (χ2v) is 4.99. The molecule has 2 N–H and O–H groups in total. The van der Waals surface area contributed by atoms with Gasteiger partial charge < -0.3 is 10.4 Å². The van der Waals surface area contributed by atoms with Crippen molar-refractivity contribution in [2.45, 2.75) is 6.92 Å². The number of hydrogen-bond donors (Lipinski definition) is 2. The number of carbonyl (C=O) groups is 1. The summed E-state index contributed by atoms with van der Waals surface area (Å²) >= 11 is 3.35. The third kappa shape index (κ3) is 3.12. The minimum Gasteiger partial charge on any atom is -0.478 e. The van der Waals surface area contributed by atoms with E-state index < -0.39 is 11.8 Å². The highest BCUT2D eigenvalue weighted by molar-refractivity contribution is 9.10. The predicted octanol–water partition coefficient (Wildman–Crippen LogP) is 4.34. The van der Waals surface area contributed by atoms with Crippen LogP contribution in [0, 0.1) is 12.7 Å². The molecular weight excluding hydrogens is 313 g/mol. The molecule has 0 aromatic heterocycles. The van der Waals surface area contributed by atoms with E-state index in [-0.39, 0.29) is 11.3 Å². The predicted molar refractivity (Wildman–Crippen MR) is 75.5 cm³/mol. The monoisotopic (exact) mass is 323 g/mol. The zero-order valence-corrected chi connectivity index (χ0v) is 11.7. The van der Waals surface area contributed by atoms with Gasteiger partial charge in [-0.2, -0.15) is 0 Å². The van der Waals surface area contributed by atoms with Gasteiger partial charge in [-0.25, -0.2) is 9.18 Å². The molecule has 0 unspecified atom stereocenters. The first-order chi connectivity index (χ1) is 8.97. The van der Waals surface area contributed by atoms with Gasteiger partial charge in [0.25, 0.3) is 0 Å². The van der Waals surface area contributed by atoms with Crippen molar-refractivity contribution in [3.8, 4) is 0 Å². The molecule has 0 saturated heterocycles. The zero-order chi connectivity index (χ0) is 14.0. The van der Waals surface area contributed by atoms with Gasteiger partial charge in [-0.3, -0.25) is 0 Å². The van der Waals surface area contributed by atoms with Crippen molar-refractivity contribution in [3.63, 3.8) is 0 Å². The molecule has 0 aliphatic carbocycles. The van der Waals surface area contributed by atoms with Crippen molar-refractivity contribution in [3.05, 3.63) is 57.8 Å². The first-order valence-corrected chi connectivity index (χ1v) is 6.32. The van der Waals surface area contributed by atoms with Crippen LogP contribution < -0.4 is 5.32 Å². The molecule has 0 saturated carbocycles. The summed E-state index contributed by atoms with van der Waals surface area (Å²) in [4.78, 5) is 11.1. The lowest BCUT2D eigenvalue weighted by molar-refractivity contribution is 0.0698. The molecule has 2 aromatic carbocycles. The highest BCUT2D eigenvalue weighted by Crippen LogP contribution is 2.26. The Morgan fingerprint density at radius 1 is 1.21 bits per heavy atom. The Hall–Kier alpha value is -1.88. The maximum Gasteiger partial charge on any atom is 0.337 e. The summed E-state index contributed by atoms with van der Waals surface area (Å²) in [6.45, 7) is 1.88. The molecule has 0 atom stereocenters. The van der Waals surface area contributed by atoms with E-state index >= 15 is 0 Å². The van der Waals surface area contributed by atoms with Crippen molar-refractivity contribution < 1.29 is 14.3 Å². The smallest absolute Gasteiger partial charge is 0.337 e. The molecule has 0 bridgehead atoms. The van der Waals surface area contributed by atoms with E-state index in [1.165, 1.54) is 12.1 Å². The van der Waals surface area contributed by atoms with Gasteiger partial charge >= 0.3 is 5.97 Å². The summed E-state index contributed by atoms with van der Waals surface area (Å²) in [7, 11) is 0.